The van der Waals surface area contributed by atoms with E-state index in [1.807, 2.05) is 41.3 Å². The topological polar surface area (TPSA) is 77.4 Å². The van der Waals surface area contributed by atoms with Crippen LogP contribution in [0.25, 0.3) is 10.2 Å². The van der Waals surface area contributed by atoms with Crippen molar-refractivity contribution in [3.05, 3.63) is 42.2 Å². The van der Waals surface area contributed by atoms with Gasteiger partial charge < -0.3 is 16.2 Å². The minimum atomic E-state index is -0.285. The largest absolute Gasteiger partial charge is 0.497 e. The van der Waals surface area contributed by atoms with E-state index in [1.165, 1.54) is 0 Å². The van der Waals surface area contributed by atoms with Gasteiger partial charge in [-0.2, -0.15) is 0 Å². The van der Waals surface area contributed by atoms with E-state index in [9.17, 15) is 0 Å². The number of thiazole rings is 1. The lowest BCUT2D eigenvalue weighted by atomic mass is 10.3. The summed E-state index contributed by atoms with van der Waals surface area (Å²) in [5, 5.41) is 0.786. The van der Waals surface area contributed by atoms with Gasteiger partial charge in [0.15, 0.2) is 5.13 Å². The average molecular weight is 274 g/mol. The van der Waals surface area contributed by atoms with Gasteiger partial charge in [-0.3, -0.25) is 4.90 Å². The van der Waals surface area contributed by atoms with Crippen molar-refractivity contribution >= 4 is 26.7 Å². The molecule has 0 aliphatic carbocycles. The van der Waals surface area contributed by atoms with Gasteiger partial charge in [0.2, 0.25) is 0 Å². The van der Waals surface area contributed by atoms with E-state index < -0.39 is 0 Å². The van der Waals surface area contributed by atoms with Crippen molar-refractivity contribution in [1.29, 1.82) is 0 Å². The molecular formula is C13H14N4OS. The summed E-state index contributed by atoms with van der Waals surface area (Å²) in [5.41, 5.74) is 12.9. The van der Waals surface area contributed by atoms with E-state index in [0.29, 0.717) is 5.82 Å². The second-order valence-electron chi connectivity index (χ2n) is 4.17. The lowest BCUT2D eigenvalue weighted by molar-refractivity contribution is 0.415. The molecule has 1 aliphatic heterocycles. The number of allylic oxidation sites excluding steroid dienone is 2. The van der Waals surface area contributed by atoms with Crippen LogP contribution < -0.4 is 21.1 Å². The molecule has 0 radical (unpaired) electrons. The average Bonchev–Trinajstić information content (AvgIpc) is 2.80. The number of nitrogens with two attached hydrogens (primary N) is 2. The van der Waals surface area contributed by atoms with Gasteiger partial charge in [-0.25, -0.2) is 4.98 Å². The van der Waals surface area contributed by atoms with Crippen LogP contribution in [0.1, 0.15) is 0 Å². The summed E-state index contributed by atoms with van der Waals surface area (Å²) in [5.74, 6) is 1.41. The molecule has 0 bridgehead atoms. The van der Waals surface area contributed by atoms with Crippen molar-refractivity contribution in [3.8, 4) is 5.75 Å². The van der Waals surface area contributed by atoms with Crippen LogP contribution in [0.4, 0.5) is 5.13 Å². The Morgan fingerprint density at radius 1 is 1.42 bits per heavy atom. The third-order valence-corrected chi connectivity index (χ3v) is 3.96. The molecule has 1 aromatic heterocycles. The molecule has 3 rings (SSSR count). The zero-order valence-corrected chi connectivity index (χ0v) is 11.2. The molecule has 1 unspecified atom stereocenters. The first kappa shape index (κ1) is 12.0. The van der Waals surface area contributed by atoms with Crippen LogP contribution in [0, 0.1) is 0 Å². The molecule has 1 atom stereocenters. The van der Waals surface area contributed by atoms with Gasteiger partial charge in [0.05, 0.1) is 17.3 Å². The Labute approximate surface area is 114 Å². The molecule has 5 nitrogen and oxygen atoms in total. The number of hydrogen-bond donors (Lipinski definition) is 2. The predicted octanol–water partition coefficient (Wildman–Crippen LogP) is 1.77. The molecule has 98 valence electrons. The highest BCUT2D eigenvalue weighted by molar-refractivity contribution is 7.22. The summed E-state index contributed by atoms with van der Waals surface area (Å²) in [7, 11) is 1.65. The van der Waals surface area contributed by atoms with Gasteiger partial charge in [0.25, 0.3) is 0 Å². The summed E-state index contributed by atoms with van der Waals surface area (Å²) in [6.45, 7) is 0. The second-order valence-corrected chi connectivity index (χ2v) is 5.18. The Morgan fingerprint density at radius 3 is 3.00 bits per heavy atom. The maximum atomic E-state index is 6.04. The number of ether oxygens (including phenoxy) is 1. The molecular weight excluding hydrogens is 260 g/mol. The van der Waals surface area contributed by atoms with Crippen LogP contribution >= 0.6 is 11.3 Å². The van der Waals surface area contributed by atoms with Crippen LogP contribution in [0.3, 0.4) is 0 Å². The third-order valence-electron chi connectivity index (χ3n) is 2.94. The van der Waals surface area contributed by atoms with Crippen LogP contribution in [-0.4, -0.2) is 18.3 Å². The zero-order chi connectivity index (χ0) is 13.4. The minimum absolute atomic E-state index is 0.285. The number of anilines is 1. The number of benzene rings is 1. The molecule has 0 saturated carbocycles. The fourth-order valence-corrected chi connectivity index (χ4v) is 3.03. The fourth-order valence-electron chi connectivity index (χ4n) is 1.97. The van der Waals surface area contributed by atoms with Gasteiger partial charge in [-0.05, 0) is 30.4 Å². The summed E-state index contributed by atoms with van der Waals surface area (Å²) >= 11 is 1.54. The van der Waals surface area contributed by atoms with Gasteiger partial charge in [0.1, 0.15) is 17.7 Å². The first-order valence-corrected chi connectivity index (χ1v) is 6.64. The molecule has 2 heterocycles. The Hall–Kier alpha value is -2.05. The predicted molar refractivity (Wildman–Crippen MR) is 78.0 cm³/mol. The fraction of sp³-hybridized carbons (Fsp3) is 0.154. The van der Waals surface area contributed by atoms with Gasteiger partial charge in [-0.1, -0.05) is 17.4 Å². The molecule has 19 heavy (non-hydrogen) atoms. The van der Waals surface area contributed by atoms with Gasteiger partial charge in [0, 0.05) is 0 Å². The molecule has 2 aromatic rings. The van der Waals surface area contributed by atoms with E-state index in [4.69, 9.17) is 16.2 Å². The van der Waals surface area contributed by atoms with E-state index in [-0.39, 0.29) is 6.17 Å². The number of fused-ring (bicyclic) bond motifs is 1. The zero-order valence-electron chi connectivity index (χ0n) is 10.4. The molecule has 1 aliphatic rings. The van der Waals surface area contributed by atoms with Crippen molar-refractivity contribution in [1.82, 2.24) is 4.98 Å². The van der Waals surface area contributed by atoms with Gasteiger partial charge in [-0.15, -0.1) is 0 Å². The summed E-state index contributed by atoms with van der Waals surface area (Å²) in [6.07, 6.45) is 5.26. The maximum Gasteiger partial charge on any atom is 0.193 e. The van der Waals surface area contributed by atoms with Crippen LogP contribution in [0.5, 0.6) is 5.75 Å². The van der Waals surface area contributed by atoms with Crippen molar-refractivity contribution in [2.24, 2.45) is 11.5 Å². The van der Waals surface area contributed by atoms with E-state index in [1.54, 1.807) is 18.4 Å². The van der Waals surface area contributed by atoms with Crippen LogP contribution in [0.2, 0.25) is 0 Å². The normalized spacial score (nSPS) is 18.7. The monoisotopic (exact) mass is 274 g/mol. The smallest absolute Gasteiger partial charge is 0.193 e. The van der Waals surface area contributed by atoms with Crippen LogP contribution in [-0.2, 0) is 0 Å². The molecule has 6 heteroatoms. The highest BCUT2D eigenvalue weighted by Crippen LogP contribution is 2.33. The highest BCUT2D eigenvalue weighted by Gasteiger charge is 2.21. The number of hydrogen-bond acceptors (Lipinski definition) is 6. The Bertz CT molecular complexity index is 676. The van der Waals surface area contributed by atoms with Gasteiger partial charge >= 0.3 is 0 Å². The summed E-state index contributed by atoms with van der Waals surface area (Å²) < 4.78 is 6.26. The van der Waals surface area contributed by atoms with E-state index in [2.05, 4.69) is 4.98 Å². The number of methoxy groups -OCH3 is 1. The standard InChI is InChI=1S/C13H14N4OS/c1-18-8-5-6-9-10(7-8)19-13(16-9)17-11(14)3-2-4-12(17)15/h2-7,11H,14-15H2,1H3. The molecule has 1 aromatic carbocycles. The lowest BCUT2D eigenvalue weighted by Gasteiger charge is -2.28. The highest BCUT2D eigenvalue weighted by atomic mass is 32.1. The molecule has 0 saturated heterocycles. The summed E-state index contributed by atoms with van der Waals surface area (Å²) in [4.78, 5) is 6.38. The van der Waals surface area contributed by atoms with Crippen LogP contribution in [0.15, 0.2) is 42.2 Å². The third kappa shape index (κ3) is 2.05. The summed E-state index contributed by atoms with van der Waals surface area (Å²) in [6, 6.07) is 5.78. The minimum Gasteiger partial charge on any atom is -0.497 e. The lowest BCUT2D eigenvalue weighted by Crippen LogP contribution is -2.43. The second kappa shape index (κ2) is 4.56. The SMILES string of the molecule is COc1ccc2nc(N3C(N)=CC=CC3N)sc2c1. The van der Waals surface area contributed by atoms with Crippen molar-refractivity contribution in [2.75, 3.05) is 12.0 Å². The number of aromatic nitrogens is 1. The number of nitrogens with zero attached hydrogens (tertiary/aromatic N) is 2. The van der Waals surface area contributed by atoms with Crippen molar-refractivity contribution < 1.29 is 4.74 Å². The van der Waals surface area contributed by atoms with E-state index in [0.717, 1.165) is 21.1 Å². The molecule has 4 N–H and O–H groups in total. The quantitative estimate of drug-likeness (QED) is 0.872. The van der Waals surface area contributed by atoms with Crippen molar-refractivity contribution in [2.45, 2.75) is 6.17 Å². The Balaban J connectivity index is 2.06. The maximum absolute atomic E-state index is 6.04. The number of rotatable bonds is 2. The Kier molecular flexibility index (Phi) is 2.88. The van der Waals surface area contributed by atoms with Crippen molar-refractivity contribution in [3.63, 3.8) is 0 Å². The molecule has 0 spiro atoms. The Morgan fingerprint density at radius 2 is 2.26 bits per heavy atom. The first-order chi connectivity index (χ1) is 9.19. The van der Waals surface area contributed by atoms with E-state index >= 15 is 0 Å². The molecule has 0 fully saturated rings. The molecule has 0 amide bonds. The first-order valence-electron chi connectivity index (χ1n) is 5.82.